The fraction of sp³-hybridized carbons (Fsp3) is 0.308. The van der Waals surface area contributed by atoms with E-state index in [-0.39, 0.29) is 32.7 Å². The summed E-state index contributed by atoms with van der Waals surface area (Å²) in [5, 5.41) is 0. The van der Waals surface area contributed by atoms with Gasteiger partial charge < -0.3 is 6.92 Å². The first-order valence-corrected chi connectivity index (χ1v) is 19.2. The molecule has 1 nitrogen and oxygen atoms in total. The van der Waals surface area contributed by atoms with Crippen molar-refractivity contribution in [1.29, 1.82) is 0 Å². The van der Waals surface area contributed by atoms with Crippen molar-refractivity contribution in [3.05, 3.63) is 115 Å². The van der Waals surface area contributed by atoms with Crippen molar-refractivity contribution in [2.45, 2.75) is 12.8 Å². The summed E-state index contributed by atoms with van der Waals surface area (Å²) in [5.74, 6) is 5.58. The molecule has 0 fully saturated rings. The zero-order valence-electron chi connectivity index (χ0n) is 21.2. The van der Waals surface area contributed by atoms with E-state index >= 15 is 0 Å². The Labute approximate surface area is 269 Å². The van der Waals surface area contributed by atoms with Crippen LogP contribution in [-0.2, 0) is 42.5 Å². The molecule has 201 valence electrons. The largest absolute Gasteiger partial charge is 0.340 e. The van der Waals surface area contributed by atoms with Gasteiger partial charge in [-0.1, -0.05) is 90.4 Å². The van der Waals surface area contributed by atoms with Crippen molar-refractivity contribution >= 4 is 73.6 Å². The molecule has 0 aliphatic heterocycles. The summed E-state index contributed by atoms with van der Waals surface area (Å²) in [6.45, 7) is 34.9. The molecule has 0 aromatic rings. The predicted octanol–water partition coefficient (Wildman–Crippen LogP) is 10.7. The molecule has 0 saturated carbocycles. The number of hydrogen-bond acceptors (Lipinski definition) is 7. The first-order valence-electron chi connectivity index (χ1n) is 10.1. The minimum atomic E-state index is -0.771. The molecule has 1 unspecified atom stereocenters. The van der Waals surface area contributed by atoms with Crippen LogP contribution in [-0.4, -0.2) is 38.7 Å². The van der Waals surface area contributed by atoms with Gasteiger partial charge in [0.1, 0.15) is 0 Å². The van der Waals surface area contributed by atoms with E-state index in [0.717, 1.165) is 41.6 Å². The zero-order valence-corrected chi connectivity index (χ0v) is 29.7. The van der Waals surface area contributed by atoms with Crippen LogP contribution in [0.5, 0.6) is 0 Å². The standard InChI is InChI=1S/C7H12OS2.C6H10S3.C6H10S2.C4H7.C3H5.Y/c1-3-5-6-9-10(8)7-4-2;1-3-5-7-9-8-6-4-2;1-3-5-7-8-6-4-2;1-3-4-2;1-3-2;/h3-4H,1-2,5-7H2;3-4H,1-2,5-6H2;3-4H,1-2,5-6H2;3H,1-2,4H2;3H,1-2H2;/q;;;2*-1;. The second-order valence-electron chi connectivity index (χ2n) is 4.89. The van der Waals surface area contributed by atoms with Crippen LogP contribution in [0.4, 0.5) is 0 Å². The summed E-state index contributed by atoms with van der Waals surface area (Å²) in [6.07, 6.45) is 16.2. The Hall–Kier alpha value is 1.14. The summed E-state index contributed by atoms with van der Waals surface area (Å²) >= 11 is 0. The van der Waals surface area contributed by atoms with Crippen LogP contribution in [0.15, 0.2) is 101 Å². The number of hydrogen-bond donors (Lipinski definition) is 0. The summed E-state index contributed by atoms with van der Waals surface area (Å²) in [6, 6.07) is 0. The Morgan fingerprint density at radius 3 is 1.31 bits per heavy atom. The maximum atomic E-state index is 10.9. The van der Waals surface area contributed by atoms with E-state index in [0.29, 0.717) is 5.75 Å². The third-order valence-corrected chi connectivity index (χ3v) is 11.1. The average Bonchev–Trinajstić information content (AvgIpc) is 2.84. The SMILES string of the molecule is C=CCCSS(=O)CC=C.C=CCSSCC=C.C=CCSSSCC=C.C=CC[CH2-].C=C[CH2-].[Y]. The third-order valence-electron chi connectivity index (χ3n) is 1.92. The molecule has 1 atom stereocenters. The molecule has 1 radical (unpaired) electrons. The molecular weight excluding hydrogens is 642 g/mol. The van der Waals surface area contributed by atoms with Gasteiger partial charge in [0.05, 0.1) is 15.6 Å². The van der Waals surface area contributed by atoms with E-state index in [1.807, 2.05) is 30.4 Å². The third kappa shape index (κ3) is 86.4. The molecule has 9 heteroatoms. The van der Waals surface area contributed by atoms with Crippen molar-refractivity contribution in [3.63, 3.8) is 0 Å². The van der Waals surface area contributed by atoms with Crippen molar-refractivity contribution in [3.8, 4) is 0 Å². The van der Waals surface area contributed by atoms with Gasteiger partial charge in [0, 0.05) is 61.5 Å². The Morgan fingerprint density at radius 1 is 0.657 bits per heavy atom. The molecule has 0 aromatic heterocycles. The first-order chi connectivity index (χ1) is 16.5. The molecule has 0 heterocycles. The van der Waals surface area contributed by atoms with Crippen molar-refractivity contribution in [2.75, 3.05) is 34.5 Å². The molecule has 35 heavy (non-hydrogen) atoms. The van der Waals surface area contributed by atoms with E-state index < -0.39 is 9.83 Å². The molecule has 0 bridgehead atoms. The predicted molar refractivity (Wildman–Crippen MR) is 184 cm³/mol. The van der Waals surface area contributed by atoms with Crippen LogP contribution < -0.4 is 0 Å². The van der Waals surface area contributed by atoms with Gasteiger partial charge in [0.25, 0.3) is 0 Å². The van der Waals surface area contributed by atoms with Crippen molar-refractivity contribution in [2.24, 2.45) is 0 Å². The van der Waals surface area contributed by atoms with E-state index in [1.165, 1.54) is 16.9 Å². The molecule has 0 spiro atoms. The summed E-state index contributed by atoms with van der Waals surface area (Å²) in [5.41, 5.74) is 0. The molecule has 0 aliphatic carbocycles. The second kappa shape index (κ2) is 59.9. The van der Waals surface area contributed by atoms with Crippen molar-refractivity contribution in [1.82, 2.24) is 0 Å². The number of rotatable bonds is 18. The smallest absolute Gasteiger partial charge is 0.0842 e. The molecule has 0 amide bonds. The monoisotopic (exact) mass is 685 g/mol. The Bertz CT molecular complexity index is 478. The summed E-state index contributed by atoms with van der Waals surface area (Å²) < 4.78 is 10.9. The van der Waals surface area contributed by atoms with E-state index in [9.17, 15) is 4.21 Å². The molecule has 0 aromatic carbocycles. The van der Waals surface area contributed by atoms with Gasteiger partial charge in [-0.05, 0) is 16.2 Å². The number of allylic oxidation sites excluding steroid dienone is 3. The van der Waals surface area contributed by atoms with Crippen LogP contribution >= 0.6 is 63.8 Å². The Morgan fingerprint density at radius 2 is 1.03 bits per heavy atom. The zero-order chi connectivity index (χ0) is 27.1. The van der Waals surface area contributed by atoms with Gasteiger partial charge >= 0.3 is 0 Å². The maximum Gasteiger partial charge on any atom is 0.0842 e. The average molecular weight is 686 g/mol. The molecule has 0 N–H and O–H groups in total. The Balaban J connectivity index is -0.0000000788. The van der Waals surface area contributed by atoms with Crippen LogP contribution in [0.2, 0.25) is 0 Å². The fourth-order valence-electron chi connectivity index (χ4n) is 0.747. The van der Waals surface area contributed by atoms with Gasteiger partial charge in [-0.3, -0.25) is 0 Å². The fourth-order valence-corrected chi connectivity index (χ4v) is 7.55. The van der Waals surface area contributed by atoms with Gasteiger partial charge in [-0.25, -0.2) is 23.8 Å². The quantitative estimate of drug-likeness (QED) is 0.0610. The minimum Gasteiger partial charge on any atom is -0.340 e. The van der Waals surface area contributed by atoms with Gasteiger partial charge in [-0.15, -0.1) is 52.1 Å². The normalized spacial score (nSPS) is 8.83. The molecular formula is C26H44OS7Y-2. The van der Waals surface area contributed by atoms with E-state index in [4.69, 9.17) is 0 Å². The van der Waals surface area contributed by atoms with Gasteiger partial charge in [-0.2, -0.15) is 6.42 Å². The topological polar surface area (TPSA) is 17.1 Å². The van der Waals surface area contributed by atoms with Crippen LogP contribution in [0, 0.1) is 13.8 Å². The summed E-state index contributed by atoms with van der Waals surface area (Å²) in [4.78, 5) is 0. The van der Waals surface area contributed by atoms with Crippen LogP contribution in [0.1, 0.15) is 12.8 Å². The van der Waals surface area contributed by atoms with Crippen LogP contribution in [0.25, 0.3) is 0 Å². The van der Waals surface area contributed by atoms with Crippen molar-refractivity contribution < 1.29 is 36.9 Å². The van der Waals surface area contributed by atoms with E-state index in [2.05, 4.69) is 66.5 Å². The summed E-state index contributed by atoms with van der Waals surface area (Å²) in [7, 11) is 9.70. The van der Waals surface area contributed by atoms with Crippen LogP contribution in [0.3, 0.4) is 0 Å². The van der Waals surface area contributed by atoms with Gasteiger partial charge in [0.2, 0.25) is 0 Å². The molecule has 0 aliphatic rings. The molecule has 0 saturated heterocycles. The van der Waals surface area contributed by atoms with E-state index in [1.54, 1.807) is 65.2 Å². The second-order valence-corrected chi connectivity index (χ2v) is 15.2. The molecule has 0 rings (SSSR count). The maximum absolute atomic E-state index is 10.9. The minimum absolute atomic E-state index is 0. The van der Waals surface area contributed by atoms with Gasteiger partial charge in [0.15, 0.2) is 0 Å². The first kappa shape index (κ1) is 49.1. The Kier molecular flexibility index (Phi) is 84.1.